The van der Waals surface area contributed by atoms with Crippen LogP contribution in [0.1, 0.15) is 6.92 Å². The fraction of sp³-hybridized carbons (Fsp3) is 1.00. The molecule has 0 aliphatic rings. The average molecular weight is 167 g/mol. The Hall–Kier alpha value is -0.650. The summed E-state index contributed by atoms with van der Waals surface area (Å²) in [5.74, 6) is 0.749. The molecule has 0 rings (SSSR count). The average Bonchev–Trinajstić information content (AvgIpc) is 1.87. The summed E-state index contributed by atoms with van der Waals surface area (Å²) in [5.41, 5.74) is 0. The van der Waals surface area contributed by atoms with Gasteiger partial charge in [0.2, 0.25) is 0 Å². The Kier molecular flexibility index (Phi) is 4.82. The van der Waals surface area contributed by atoms with Crippen LogP contribution in [-0.2, 0) is 15.6 Å². The van der Waals surface area contributed by atoms with Crippen molar-refractivity contribution >= 4 is 10.8 Å². The Balaban J connectivity index is 3.20. The van der Waals surface area contributed by atoms with Crippen LogP contribution in [0.5, 0.6) is 0 Å². The van der Waals surface area contributed by atoms with Crippen molar-refractivity contribution in [2.24, 2.45) is 0 Å². The normalized spacial score (nSPS) is 12.5. The first-order chi connectivity index (χ1) is 4.66. The molecule has 0 fully saturated rings. The van der Waals surface area contributed by atoms with Gasteiger partial charge in [0, 0.05) is 22.3 Å². The summed E-state index contributed by atoms with van der Waals surface area (Å²) in [6.45, 7) is 1.68. The largest absolute Gasteiger partial charge is 0.313 e. The van der Waals surface area contributed by atoms with E-state index in [1.54, 1.807) is 6.92 Å². The second-order valence-electron chi connectivity index (χ2n) is 1.49. The topological polar surface area (TPSA) is 69.4 Å². The van der Waals surface area contributed by atoms with Gasteiger partial charge in [0.15, 0.2) is 0 Å². The molecule has 0 aromatic heterocycles. The predicted molar refractivity (Wildman–Crippen MR) is 36.5 cm³/mol. The third-order valence-electron chi connectivity index (χ3n) is 0.830. The summed E-state index contributed by atoms with van der Waals surface area (Å²) in [6.07, 6.45) is 0. The maximum Gasteiger partial charge on any atom is 0.294 e. The van der Waals surface area contributed by atoms with Crippen LogP contribution < -0.4 is 0 Å². The lowest BCUT2D eigenvalue weighted by Gasteiger charge is -1.95. The van der Waals surface area contributed by atoms with Crippen molar-refractivity contribution in [2.45, 2.75) is 6.92 Å². The Morgan fingerprint density at radius 2 is 2.30 bits per heavy atom. The smallest absolute Gasteiger partial charge is 0.294 e. The SMILES string of the molecule is CCS(=O)CCO[N+](=O)[O-]. The molecule has 0 saturated carbocycles. The number of nitrogens with zero attached hydrogens (tertiary/aromatic N) is 1. The third kappa shape index (κ3) is 5.49. The molecule has 1 unspecified atom stereocenters. The highest BCUT2D eigenvalue weighted by molar-refractivity contribution is 7.84. The van der Waals surface area contributed by atoms with Crippen LogP contribution in [0.3, 0.4) is 0 Å². The first-order valence-electron chi connectivity index (χ1n) is 2.79. The van der Waals surface area contributed by atoms with E-state index in [9.17, 15) is 14.3 Å². The first-order valence-corrected chi connectivity index (χ1v) is 4.28. The van der Waals surface area contributed by atoms with Crippen LogP contribution in [-0.4, -0.2) is 27.4 Å². The summed E-state index contributed by atoms with van der Waals surface area (Å²) in [4.78, 5) is 13.5. The van der Waals surface area contributed by atoms with Gasteiger partial charge in [-0.3, -0.25) is 4.21 Å². The van der Waals surface area contributed by atoms with Crippen LogP contribution in [0.25, 0.3) is 0 Å². The Morgan fingerprint density at radius 1 is 1.70 bits per heavy atom. The summed E-state index contributed by atoms with van der Waals surface area (Å²) in [5, 5.41) is 8.67. The van der Waals surface area contributed by atoms with E-state index in [1.165, 1.54) is 0 Å². The predicted octanol–water partition coefficient (Wildman–Crippen LogP) is -0.0367. The minimum Gasteiger partial charge on any atom is -0.313 e. The molecule has 0 aromatic carbocycles. The highest BCUT2D eigenvalue weighted by Gasteiger charge is 1.97. The van der Waals surface area contributed by atoms with E-state index in [2.05, 4.69) is 4.84 Å². The van der Waals surface area contributed by atoms with Gasteiger partial charge >= 0.3 is 0 Å². The van der Waals surface area contributed by atoms with Gasteiger partial charge in [-0.15, -0.1) is 10.1 Å². The molecule has 60 valence electrons. The van der Waals surface area contributed by atoms with Gasteiger partial charge in [-0.05, 0) is 0 Å². The van der Waals surface area contributed by atoms with Gasteiger partial charge in [-0.1, -0.05) is 6.92 Å². The van der Waals surface area contributed by atoms with Crippen molar-refractivity contribution in [3.63, 3.8) is 0 Å². The van der Waals surface area contributed by atoms with E-state index < -0.39 is 15.9 Å². The van der Waals surface area contributed by atoms with E-state index in [1.807, 2.05) is 0 Å². The summed E-state index contributed by atoms with van der Waals surface area (Å²) in [6, 6.07) is 0. The zero-order valence-corrected chi connectivity index (χ0v) is 6.43. The Morgan fingerprint density at radius 3 is 2.70 bits per heavy atom. The molecule has 0 heterocycles. The van der Waals surface area contributed by atoms with Crippen LogP contribution in [0, 0.1) is 10.1 Å². The maximum atomic E-state index is 10.6. The summed E-state index contributed by atoms with van der Waals surface area (Å²) >= 11 is 0. The monoisotopic (exact) mass is 167 g/mol. The van der Waals surface area contributed by atoms with Gasteiger partial charge in [0.1, 0.15) is 6.61 Å². The highest BCUT2D eigenvalue weighted by atomic mass is 32.2. The van der Waals surface area contributed by atoms with Crippen LogP contribution >= 0.6 is 0 Å². The molecule has 0 saturated heterocycles. The molecule has 0 bridgehead atoms. The molecule has 5 nitrogen and oxygen atoms in total. The number of hydrogen-bond donors (Lipinski definition) is 0. The van der Waals surface area contributed by atoms with Gasteiger partial charge in [-0.2, -0.15) is 0 Å². The molecule has 0 aliphatic carbocycles. The van der Waals surface area contributed by atoms with Crippen molar-refractivity contribution in [3.8, 4) is 0 Å². The zero-order chi connectivity index (χ0) is 7.98. The van der Waals surface area contributed by atoms with Crippen molar-refractivity contribution in [3.05, 3.63) is 10.1 Å². The number of rotatable bonds is 5. The second-order valence-corrected chi connectivity index (χ2v) is 3.35. The first kappa shape index (κ1) is 9.35. The molecule has 0 aromatic rings. The van der Waals surface area contributed by atoms with E-state index in [0.717, 1.165) is 0 Å². The fourth-order valence-corrected chi connectivity index (χ4v) is 0.898. The van der Waals surface area contributed by atoms with E-state index in [-0.39, 0.29) is 12.4 Å². The molecule has 0 aliphatic heterocycles. The van der Waals surface area contributed by atoms with E-state index in [4.69, 9.17) is 0 Å². The summed E-state index contributed by atoms with van der Waals surface area (Å²) < 4.78 is 10.6. The zero-order valence-electron chi connectivity index (χ0n) is 5.61. The Labute approximate surface area is 60.9 Å². The molecule has 0 N–H and O–H groups in total. The van der Waals surface area contributed by atoms with E-state index in [0.29, 0.717) is 5.75 Å². The molecule has 0 amide bonds. The van der Waals surface area contributed by atoms with Gasteiger partial charge < -0.3 is 4.84 Å². The van der Waals surface area contributed by atoms with Gasteiger partial charge in [0.25, 0.3) is 5.09 Å². The van der Waals surface area contributed by atoms with Crippen molar-refractivity contribution in [1.82, 2.24) is 0 Å². The minimum absolute atomic E-state index is 0.0759. The Bertz CT molecular complexity index is 137. The second kappa shape index (κ2) is 5.16. The molecule has 0 spiro atoms. The highest BCUT2D eigenvalue weighted by Crippen LogP contribution is 1.82. The lowest BCUT2D eigenvalue weighted by atomic mass is 10.9. The summed E-state index contributed by atoms with van der Waals surface area (Å²) in [7, 11) is -0.973. The number of hydrogen-bond acceptors (Lipinski definition) is 4. The molecule has 10 heavy (non-hydrogen) atoms. The van der Waals surface area contributed by atoms with Crippen molar-refractivity contribution in [2.75, 3.05) is 18.1 Å². The third-order valence-corrected chi connectivity index (χ3v) is 2.10. The van der Waals surface area contributed by atoms with Crippen LogP contribution in [0.2, 0.25) is 0 Å². The lowest BCUT2D eigenvalue weighted by molar-refractivity contribution is -0.756. The van der Waals surface area contributed by atoms with Crippen molar-refractivity contribution < 1.29 is 14.1 Å². The molecule has 1 atom stereocenters. The van der Waals surface area contributed by atoms with Crippen LogP contribution in [0.15, 0.2) is 0 Å². The molecular weight excluding hydrogens is 158 g/mol. The molecular formula is C4H9NO4S. The quantitative estimate of drug-likeness (QED) is 0.425. The minimum atomic E-state index is -0.973. The van der Waals surface area contributed by atoms with Gasteiger partial charge in [0.05, 0.1) is 0 Å². The fourth-order valence-electron chi connectivity index (χ4n) is 0.349. The maximum absolute atomic E-state index is 10.6. The molecule has 6 heteroatoms. The lowest BCUT2D eigenvalue weighted by Crippen LogP contribution is -2.10. The standard InChI is InChI=1S/C4H9NO4S/c1-2-10(8)4-3-9-5(6)7/h2-4H2,1H3. The molecule has 0 radical (unpaired) electrons. The van der Waals surface area contributed by atoms with Crippen LogP contribution in [0.4, 0.5) is 0 Å². The van der Waals surface area contributed by atoms with Crippen molar-refractivity contribution in [1.29, 1.82) is 0 Å². The van der Waals surface area contributed by atoms with E-state index >= 15 is 0 Å². The van der Waals surface area contributed by atoms with Gasteiger partial charge in [-0.25, -0.2) is 0 Å².